The van der Waals surface area contributed by atoms with Gasteiger partial charge in [0, 0.05) is 11.2 Å². The minimum absolute atomic E-state index is 0.0122. The summed E-state index contributed by atoms with van der Waals surface area (Å²) in [5, 5.41) is 4.13. The highest BCUT2D eigenvalue weighted by molar-refractivity contribution is 7.20. The van der Waals surface area contributed by atoms with E-state index < -0.39 is 20.2 Å². The molecule has 0 spiro atoms. The molecule has 0 radical (unpaired) electrons. The lowest BCUT2D eigenvalue weighted by atomic mass is 9.35. The van der Waals surface area contributed by atoms with Crippen LogP contribution in [0.15, 0.2) is 188 Å². The summed E-state index contributed by atoms with van der Waals surface area (Å²) in [7, 11) is -3.41. The molecule has 0 unspecified atom stereocenters. The van der Waals surface area contributed by atoms with Crippen molar-refractivity contribution in [2.24, 2.45) is 0 Å². The van der Waals surface area contributed by atoms with Gasteiger partial charge >= 0.3 is 0 Å². The Labute approximate surface area is 341 Å². The lowest BCUT2D eigenvalue weighted by Gasteiger charge is -2.38. The predicted molar refractivity (Wildman–Crippen MR) is 236 cm³/mol. The molecule has 0 aliphatic carbocycles. The molecule has 0 amide bonds. The molecule has 12 rings (SSSR count). The van der Waals surface area contributed by atoms with Crippen molar-refractivity contribution in [3.05, 3.63) is 193 Å². The van der Waals surface area contributed by atoms with Crippen molar-refractivity contribution in [2.45, 2.75) is 6.92 Å². The van der Waals surface area contributed by atoms with Gasteiger partial charge in [0.25, 0.3) is 6.71 Å². The van der Waals surface area contributed by atoms with Gasteiger partial charge in [-0.2, -0.15) is 0 Å². The highest BCUT2D eigenvalue weighted by atomic mass is 28.3. The molecule has 7 heteroatoms. The fraction of sp³-hybridized carbons (Fsp3) is 0.0200. The highest BCUT2D eigenvalue weighted by Gasteiger charge is 2.46. The van der Waals surface area contributed by atoms with E-state index in [1.165, 1.54) is 4.40 Å². The van der Waals surface area contributed by atoms with Crippen molar-refractivity contribution in [3.63, 3.8) is 0 Å². The van der Waals surface area contributed by atoms with Gasteiger partial charge in [0.1, 0.15) is 23.0 Å². The van der Waals surface area contributed by atoms with E-state index in [9.17, 15) is 2.74 Å². The average molecular weight is 755 g/mol. The van der Waals surface area contributed by atoms with E-state index in [0.717, 1.165) is 48.6 Å². The van der Waals surface area contributed by atoms with Crippen LogP contribution in [0.5, 0.6) is 23.0 Å². The van der Waals surface area contributed by atoms with E-state index in [4.69, 9.17) is 21.3 Å². The molecule has 4 heterocycles. The normalized spacial score (nSPS) is 14.6. The molecule has 268 valence electrons. The molecule has 2 aliphatic rings. The van der Waals surface area contributed by atoms with Crippen molar-refractivity contribution in [1.82, 2.24) is 14.0 Å². The first-order chi connectivity index (χ1) is 31.1. The standard InChI is InChI=1S/C50H34BN3O2Si/c1-33-27-28-42-41(29-33)52-50-53(43-23-10-11-24-44(43)54(42)50)34-15-14-20-37(30-34)57(35-16-4-2-5-17-35,36-18-6-3-7-19-36)38-31-47-49-48(32-38)56-46-26-13-9-22-40(46)51(49)39-21-8-12-25-45(39)55-47/h2-32H,1H3/i10D,11D,23D,24D,27D,28D,29D. The first kappa shape index (κ1) is 25.9. The molecule has 0 saturated carbocycles. The molecule has 0 fully saturated rings. The SMILES string of the molecule is [2H]c1c([2H])c([2H])c2c(c1[2H])n(-c1cccc([Si](c3ccccc3)(c3ccccc3)c3cc4c5c(c3)Oc3ccccc3B5c3ccccc3O4)c1)c1nc3c([2H])c(C)c([2H])c([2H])c3n21. The maximum Gasteiger partial charge on any atom is 0.260 e. The Bertz CT molecular complexity index is 3530. The largest absolute Gasteiger partial charge is 0.458 e. The molecule has 2 aromatic heterocycles. The zero-order chi connectivity index (χ0) is 43.8. The number of para-hydroxylation sites is 4. The second kappa shape index (κ2) is 12.2. The first-order valence-corrected chi connectivity index (χ1v) is 20.9. The summed E-state index contributed by atoms with van der Waals surface area (Å²) in [5.74, 6) is 3.20. The maximum atomic E-state index is 9.31. The zero-order valence-corrected chi connectivity index (χ0v) is 31.6. The fourth-order valence-corrected chi connectivity index (χ4v) is 14.0. The summed E-state index contributed by atoms with van der Waals surface area (Å²) in [6.45, 7) is 1.51. The van der Waals surface area contributed by atoms with Crippen LogP contribution >= 0.6 is 0 Å². The number of benzene rings is 8. The van der Waals surface area contributed by atoms with Crippen LogP contribution in [0.3, 0.4) is 0 Å². The zero-order valence-electron chi connectivity index (χ0n) is 37.6. The monoisotopic (exact) mass is 754 g/mol. The number of aromatic nitrogens is 3. The van der Waals surface area contributed by atoms with E-state index in [0.29, 0.717) is 22.7 Å². The molecule has 0 N–H and O–H groups in total. The Morgan fingerprint density at radius 1 is 0.561 bits per heavy atom. The third-order valence-electron chi connectivity index (χ3n) is 11.5. The number of fused-ring (bicyclic) bond motifs is 9. The molecule has 0 atom stereocenters. The number of ether oxygens (including phenoxy) is 2. The van der Waals surface area contributed by atoms with E-state index in [2.05, 4.69) is 84.9 Å². The van der Waals surface area contributed by atoms with E-state index in [1.807, 2.05) is 60.7 Å². The third-order valence-corrected chi connectivity index (χ3v) is 16.2. The van der Waals surface area contributed by atoms with Crippen molar-refractivity contribution in [1.29, 1.82) is 0 Å². The molecule has 0 saturated heterocycles. The minimum Gasteiger partial charge on any atom is -0.458 e. The van der Waals surface area contributed by atoms with E-state index in [1.54, 1.807) is 11.5 Å². The Morgan fingerprint density at radius 2 is 1.16 bits per heavy atom. The highest BCUT2D eigenvalue weighted by Crippen LogP contribution is 2.35. The van der Waals surface area contributed by atoms with Gasteiger partial charge < -0.3 is 9.47 Å². The quantitative estimate of drug-likeness (QED) is 0.143. The summed E-state index contributed by atoms with van der Waals surface area (Å²) < 4.78 is 79.8. The van der Waals surface area contributed by atoms with Gasteiger partial charge in [-0.25, -0.2) is 4.98 Å². The number of hydrogen-bond donors (Lipinski definition) is 0. The van der Waals surface area contributed by atoms with E-state index in [-0.39, 0.29) is 64.8 Å². The topological polar surface area (TPSA) is 40.7 Å². The van der Waals surface area contributed by atoms with Gasteiger partial charge in [0.2, 0.25) is 5.78 Å². The van der Waals surface area contributed by atoms with Gasteiger partial charge in [0.05, 0.1) is 31.7 Å². The molecule has 0 bridgehead atoms. The Hall–Kier alpha value is -7.09. The molecular formula is C50H34BN3O2Si. The smallest absolute Gasteiger partial charge is 0.260 e. The minimum atomic E-state index is -3.41. The second-order valence-electron chi connectivity index (χ2n) is 14.6. The molecule has 8 aromatic carbocycles. The lowest BCUT2D eigenvalue weighted by Crippen LogP contribution is -2.75. The van der Waals surface area contributed by atoms with Crippen LogP contribution in [0.1, 0.15) is 15.2 Å². The third kappa shape index (κ3) is 4.60. The van der Waals surface area contributed by atoms with Crippen molar-refractivity contribution < 1.29 is 19.1 Å². The molecule has 10 aromatic rings. The van der Waals surface area contributed by atoms with Crippen molar-refractivity contribution in [2.75, 3.05) is 0 Å². The summed E-state index contributed by atoms with van der Waals surface area (Å²) in [5.41, 5.74) is 4.57. The van der Waals surface area contributed by atoms with Crippen LogP contribution in [0.25, 0.3) is 33.5 Å². The summed E-state index contributed by atoms with van der Waals surface area (Å²) in [6, 6.07) is 47.9. The van der Waals surface area contributed by atoms with Crippen LogP contribution < -0.4 is 46.6 Å². The van der Waals surface area contributed by atoms with Gasteiger partial charge in [-0.05, 0) is 105 Å². The summed E-state index contributed by atoms with van der Waals surface area (Å²) >= 11 is 0. The Balaban J connectivity index is 1.19. The predicted octanol–water partition coefficient (Wildman–Crippen LogP) is 6.84. The fourth-order valence-electron chi connectivity index (χ4n) is 9.17. The molecule has 5 nitrogen and oxygen atoms in total. The van der Waals surface area contributed by atoms with E-state index >= 15 is 0 Å². The Kier molecular flexibility index (Phi) is 5.54. The number of rotatable bonds is 5. The van der Waals surface area contributed by atoms with Gasteiger partial charge in [-0.15, -0.1) is 0 Å². The molecule has 2 aliphatic heterocycles. The van der Waals surface area contributed by atoms with Gasteiger partial charge in [-0.1, -0.05) is 127 Å². The number of imidazole rings is 2. The Morgan fingerprint density at radius 3 is 1.82 bits per heavy atom. The maximum absolute atomic E-state index is 9.31. The number of hydrogen-bond acceptors (Lipinski definition) is 3. The molecular weight excluding hydrogens is 713 g/mol. The van der Waals surface area contributed by atoms with Gasteiger partial charge in [-0.3, -0.25) is 8.97 Å². The summed E-state index contributed by atoms with van der Waals surface area (Å²) in [6.07, 6.45) is 0. The van der Waals surface area contributed by atoms with Crippen LogP contribution in [0.2, 0.25) is 0 Å². The van der Waals surface area contributed by atoms with Crippen LogP contribution in [-0.4, -0.2) is 28.7 Å². The second-order valence-corrected chi connectivity index (χ2v) is 18.4. The average Bonchev–Trinajstić information content (AvgIpc) is 3.88. The lowest BCUT2D eigenvalue weighted by molar-refractivity contribution is 0.465. The van der Waals surface area contributed by atoms with Crippen LogP contribution in [0, 0.1) is 6.92 Å². The van der Waals surface area contributed by atoms with Crippen molar-refractivity contribution in [3.8, 4) is 28.7 Å². The van der Waals surface area contributed by atoms with Crippen LogP contribution in [0.4, 0.5) is 0 Å². The number of nitrogens with zero attached hydrogens (tertiary/aromatic N) is 3. The summed E-state index contributed by atoms with van der Waals surface area (Å²) in [4.78, 5) is 4.94. The van der Waals surface area contributed by atoms with Crippen LogP contribution in [-0.2, 0) is 0 Å². The van der Waals surface area contributed by atoms with Gasteiger partial charge in [0.15, 0.2) is 8.07 Å². The first-order valence-electron chi connectivity index (χ1n) is 22.4. The molecule has 57 heavy (non-hydrogen) atoms. The van der Waals surface area contributed by atoms with Crippen molar-refractivity contribution >= 4 is 79.8 Å².